The molecule has 3 aromatic rings. The number of halogens is 3. The molecule has 0 bridgehead atoms. The van der Waals surface area contributed by atoms with Crippen molar-refractivity contribution in [1.29, 1.82) is 0 Å². The predicted octanol–water partition coefficient (Wildman–Crippen LogP) is 5.42. The summed E-state index contributed by atoms with van der Waals surface area (Å²) in [4.78, 5) is 19.8. The Bertz CT molecular complexity index is 1280. The highest BCUT2D eigenvalue weighted by Crippen LogP contribution is 2.36. The van der Waals surface area contributed by atoms with Crippen molar-refractivity contribution < 1.29 is 13.2 Å². The number of nitrogens with zero attached hydrogens (tertiary/aromatic N) is 4. The van der Waals surface area contributed by atoms with Crippen LogP contribution in [-0.2, 0) is 13.2 Å². The van der Waals surface area contributed by atoms with Gasteiger partial charge in [0.1, 0.15) is 0 Å². The zero-order valence-electron chi connectivity index (χ0n) is 20.8. The van der Waals surface area contributed by atoms with Gasteiger partial charge in [-0.2, -0.15) is 18.3 Å². The van der Waals surface area contributed by atoms with Crippen molar-refractivity contribution in [2.75, 3.05) is 18.4 Å². The lowest BCUT2D eigenvalue weighted by molar-refractivity contribution is -0.138. The van der Waals surface area contributed by atoms with Crippen LogP contribution < -0.4 is 10.9 Å². The molecule has 1 N–H and O–H groups in total. The van der Waals surface area contributed by atoms with Crippen LogP contribution >= 0.6 is 0 Å². The topological polar surface area (TPSA) is 63.1 Å². The molecule has 1 aliphatic rings. The van der Waals surface area contributed by atoms with Crippen LogP contribution in [0.25, 0.3) is 10.8 Å². The van der Waals surface area contributed by atoms with Gasteiger partial charge in [0.05, 0.1) is 17.0 Å². The zero-order chi connectivity index (χ0) is 25.5. The Morgan fingerprint density at radius 3 is 2.43 bits per heavy atom. The van der Waals surface area contributed by atoms with Gasteiger partial charge in [0.25, 0.3) is 5.56 Å². The lowest BCUT2D eigenvalue weighted by Gasteiger charge is -2.34. The van der Waals surface area contributed by atoms with E-state index >= 15 is 0 Å². The highest BCUT2D eigenvalue weighted by atomic mass is 19.4. The van der Waals surface area contributed by atoms with Crippen molar-refractivity contribution >= 4 is 16.6 Å². The number of fused-ring (bicyclic) bond motifs is 1. The molecular weight excluding hydrogens is 455 g/mol. The van der Waals surface area contributed by atoms with E-state index in [0.29, 0.717) is 28.2 Å². The van der Waals surface area contributed by atoms with Crippen molar-refractivity contribution in [2.45, 2.75) is 64.7 Å². The van der Waals surface area contributed by atoms with Gasteiger partial charge in [-0.15, -0.1) is 0 Å². The van der Waals surface area contributed by atoms with Gasteiger partial charge in [0.2, 0.25) is 0 Å². The number of hydrogen-bond acceptors (Lipinski definition) is 5. The molecule has 1 atom stereocenters. The van der Waals surface area contributed by atoms with Gasteiger partial charge < -0.3 is 10.2 Å². The number of anilines is 1. The van der Waals surface area contributed by atoms with Crippen molar-refractivity contribution in [1.82, 2.24) is 19.7 Å². The molecule has 0 amide bonds. The number of alkyl halides is 3. The number of aromatic nitrogens is 3. The minimum absolute atomic E-state index is 0.174. The second-order valence-electron chi connectivity index (χ2n) is 9.72. The average molecular weight is 488 g/mol. The first-order valence-electron chi connectivity index (χ1n) is 12.0. The monoisotopic (exact) mass is 487 g/mol. The minimum Gasteiger partial charge on any atom is -0.362 e. The van der Waals surface area contributed by atoms with Crippen molar-refractivity contribution in [3.63, 3.8) is 0 Å². The minimum atomic E-state index is -4.42. The molecule has 0 aliphatic carbocycles. The summed E-state index contributed by atoms with van der Waals surface area (Å²) in [5.74, 6) is 0.740. The first kappa shape index (κ1) is 25.2. The summed E-state index contributed by atoms with van der Waals surface area (Å²) in [6, 6.07) is 6.16. The third-order valence-electron chi connectivity index (χ3n) is 7.13. The van der Waals surface area contributed by atoms with Gasteiger partial charge in [-0.25, -0.2) is 4.68 Å². The molecule has 0 unspecified atom stereocenters. The van der Waals surface area contributed by atoms with E-state index in [0.717, 1.165) is 37.7 Å². The van der Waals surface area contributed by atoms with Crippen LogP contribution in [0.2, 0.25) is 0 Å². The Morgan fingerprint density at radius 2 is 1.80 bits per heavy atom. The van der Waals surface area contributed by atoms with E-state index in [1.807, 2.05) is 6.07 Å². The third-order valence-corrected chi connectivity index (χ3v) is 7.13. The quantitative estimate of drug-likeness (QED) is 0.521. The summed E-state index contributed by atoms with van der Waals surface area (Å²) in [6.45, 7) is 9.66. The first-order chi connectivity index (χ1) is 16.5. The summed E-state index contributed by atoms with van der Waals surface area (Å²) in [5.41, 5.74) is 0.706. The molecule has 1 aliphatic heterocycles. The molecule has 35 heavy (non-hydrogen) atoms. The molecule has 0 spiro atoms. The molecule has 2 aromatic heterocycles. The number of pyridine rings is 1. The van der Waals surface area contributed by atoms with Crippen molar-refractivity contribution in [2.24, 2.45) is 7.05 Å². The number of nitrogens with one attached hydrogen (secondary N) is 1. The summed E-state index contributed by atoms with van der Waals surface area (Å²) in [7, 11) is 1.56. The van der Waals surface area contributed by atoms with Crippen molar-refractivity contribution in [3.8, 4) is 0 Å². The molecule has 9 heteroatoms. The molecule has 188 valence electrons. The Kier molecular flexibility index (Phi) is 6.90. The van der Waals surface area contributed by atoms with Crippen LogP contribution in [0, 0.1) is 6.92 Å². The molecule has 1 saturated heterocycles. The van der Waals surface area contributed by atoms with E-state index in [1.165, 1.54) is 17.7 Å². The van der Waals surface area contributed by atoms with E-state index in [-0.39, 0.29) is 17.0 Å². The third kappa shape index (κ3) is 5.05. The van der Waals surface area contributed by atoms with E-state index in [2.05, 4.69) is 34.1 Å². The van der Waals surface area contributed by atoms with Crippen LogP contribution in [0.1, 0.15) is 68.0 Å². The maximum absolute atomic E-state index is 13.4. The fourth-order valence-corrected chi connectivity index (χ4v) is 5.02. The molecule has 6 nitrogen and oxygen atoms in total. The lowest BCUT2D eigenvalue weighted by atomic mass is 9.91. The summed E-state index contributed by atoms with van der Waals surface area (Å²) in [6.07, 6.45) is -0.850. The van der Waals surface area contributed by atoms with Crippen molar-refractivity contribution in [3.05, 3.63) is 63.2 Å². The largest absolute Gasteiger partial charge is 0.416 e. The van der Waals surface area contributed by atoms with Crippen LogP contribution in [0.15, 0.2) is 35.3 Å². The highest BCUT2D eigenvalue weighted by molar-refractivity contribution is 5.91. The normalized spacial score (nSPS) is 16.7. The molecule has 0 saturated carbocycles. The maximum Gasteiger partial charge on any atom is 0.416 e. The number of likely N-dealkylation sites (tertiary alicyclic amines) is 1. The number of aryl methyl sites for hydroxylation is 1. The van der Waals surface area contributed by atoms with Gasteiger partial charge >= 0.3 is 6.18 Å². The molecule has 1 fully saturated rings. The molecule has 0 radical (unpaired) electrons. The molecular formula is C26H32F3N5O. The Labute approximate surface area is 203 Å². The maximum atomic E-state index is 13.4. The Morgan fingerprint density at radius 1 is 1.11 bits per heavy atom. The Balaban J connectivity index is 1.69. The van der Waals surface area contributed by atoms with Gasteiger partial charge in [-0.3, -0.25) is 9.78 Å². The van der Waals surface area contributed by atoms with Crippen LogP contribution in [-0.4, -0.2) is 38.8 Å². The molecule has 4 rings (SSSR count). The fraction of sp³-hybridized carbons (Fsp3) is 0.500. The second-order valence-corrected chi connectivity index (χ2v) is 9.72. The number of hydrogen-bond donors (Lipinski definition) is 1. The highest BCUT2D eigenvalue weighted by Gasteiger charge is 2.33. The second kappa shape index (κ2) is 9.60. The lowest BCUT2D eigenvalue weighted by Crippen LogP contribution is -2.38. The summed E-state index contributed by atoms with van der Waals surface area (Å²) < 4.78 is 41.5. The van der Waals surface area contributed by atoms with Crippen LogP contribution in [0.4, 0.5) is 19.0 Å². The molecule has 3 heterocycles. The molecule has 1 aromatic carbocycles. The van der Waals surface area contributed by atoms with Crippen LogP contribution in [0.5, 0.6) is 0 Å². The zero-order valence-corrected chi connectivity index (χ0v) is 20.8. The van der Waals surface area contributed by atoms with Gasteiger partial charge in [-0.1, -0.05) is 12.1 Å². The number of piperidine rings is 1. The Hall–Kier alpha value is -2.94. The van der Waals surface area contributed by atoms with Crippen LogP contribution in [0.3, 0.4) is 0 Å². The van der Waals surface area contributed by atoms with Gasteiger partial charge in [0, 0.05) is 36.3 Å². The van der Waals surface area contributed by atoms with E-state index in [1.54, 1.807) is 26.2 Å². The fourth-order valence-electron chi connectivity index (χ4n) is 5.02. The predicted molar refractivity (Wildman–Crippen MR) is 132 cm³/mol. The average Bonchev–Trinajstić information content (AvgIpc) is 2.81. The summed E-state index contributed by atoms with van der Waals surface area (Å²) in [5, 5.41) is 8.76. The standard InChI is InChI=1S/C26H32F3N5O/c1-15(2)34-11-9-18(10-12-34)23-13-20-21(14-30-23)25(35)33(5)32-24(20)31-17(4)19-7-6-8-22(16(19)3)26(27,28)29/h6-8,13-15,17-18H,9-12H2,1-5H3,(H,31,32)/t17-/m1/s1. The van der Waals surface area contributed by atoms with E-state index < -0.39 is 17.8 Å². The SMILES string of the molecule is Cc1c([C@@H](C)Nc2nn(C)c(=O)c3cnc(C4CCN(C(C)C)CC4)cc23)cccc1C(F)(F)F. The van der Waals surface area contributed by atoms with E-state index in [4.69, 9.17) is 0 Å². The summed E-state index contributed by atoms with van der Waals surface area (Å²) >= 11 is 0. The van der Waals surface area contributed by atoms with Gasteiger partial charge in [0.15, 0.2) is 5.82 Å². The first-order valence-corrected chi connectivity index (χ1v) is 12.0. The van der Waals surface area contributed by atoms with Gasteiger partial charge in [-0.05, 0) is 76.9 Å². The van der Waals surface area contributed by atoms with E-state index in [9.17, 15) is 18.0 Å². The number of rotatable bonds is 5. The smallest absolute Gasteiger partial charge is 0.362 e. The number of benzene rings is 1.